The summed E-state index contributed by atoms with van der Waals surface area (Å²) in [6, 6.07) is 12.0. The topological polar surface area (TPSA) is 17.1 Å². The minimum Gasteiger partial charge on any atom is -0.294 e. The van der Waals surface area contributed by atoms with Gasteiger partial charge in [0.1, 0.15) is 0 Å². The van der Waals surface area contributed by atoms with Crippen LogP contribution < -0.4 is 0 Å². The summed E-state index contributed by atoms with van der Waals surface area (Å²) in [5.41, 5.74) is 1.28. The van der Waals surface area contributed by atoms with Gasteiger partial charge in [-0.25, -0.2) is 0 Å². The van der Waals surface area contributed by atoms with E-state index >= 15 is 0 Å². The number of ketones is 1. The fourth-order valence-electron chi connectivity index (χ4n) is 1.68. The monoisotopic (exact) mass is 298 g/mol. The summed E-state index contributed by atoms with van der Waals surface area (Å²) in [5, 5.41) is 1.49. The predicted octanol–water partition coefficient (Wildman–Crippen LogP) is 5.07. The zero-order valence-corrected chi connectivity index (χ0v) is 11.6. The fourth-order valence-corrected chi connectivity index (χ4v) is 2.49. The Balaban J connectivity index is 2.24. The van der Waals surface area contributed by atoms with Gasteiger partial charge in [0, 0.05) is 22.0 Å². The molecule has 0 amide bonds. The molecule has 1 nitrogen and oxygen atoms in total. The van der Waals surface area contributed by atoms with Gasteiger partial charge in [-0.05, 0) is 35.9 Å². The molecule has 2 aromatic carbocycles. The lowest BCUT2D eigenvalue weighted by Gasteiger charge is -2.04. The Hall–Kier alpha value is -1.02. The highest BCUT2D eigenvalue weighted by Crippen LogP contribution is 2.22. The number of hydrogen-bond donors (Lipinski definition) is 0. The van der Waals surface area contributed by atoms with Crippen molar-refractivity contribution in [3.8, 4) is 0 Å². The molecule has 0 aliphatic heterocycles. The summed E-state index contributed by atoms with van der Waals surface area (Å²) in [6.07, 6.45) is 0.226. The maximum atomic E-state index is 12.1. The summed E-state index contributed by atoms with van der Waals surface area (Å²) >= 11 is 17.8. The summed E-state index contributed by atoms with van der Waals surface area (Å²) in [4.78, 5) is 12.1. The quantitative estimate of drug-likeness (QED) is 0.723. The third-order valence-electron chi connectivity index (χ3n) is 2.46. The van der Waals surface area contributed by atoms with E-state index in [1.54, 1.807) is 42.5 Å². The molecule has 92 valence electrons. The van der Waals surface area contributed by atoms with Crippen molar-refractivity contribution in [2.24, 2.45) is 0 Å². The SMILES string of the molecule is O=C(Cc1cc(Cl)cc(Cl)c1)c1ccccc1Cl. The van der Waals surface area contributed by atoms with E-state index in [0.717, 1.165) is 5.56 Å². The zero-order chi connectivity index (χ0) is 13.1. The van der Waals surface area contributed by atoms with Crippen molar-refractivity contribution >= 4 is 40.6 Å². The first kappa shape index (κ1) is 13.4. The van der Waals surface area contributed by atoms with Crippen molar-refractivity contribution in [3.63, 3.8) is 0 Å². The van der Waals surface area contributed by atoms with Gasteiger partial charge in [0.15, 0.2) is 5.78 Å². The number of Topliss-reactive ketones (excluding diaryl/α,β-unsaturated/α-hetero) is 1. The average molecular weight is 300 g/mol. The van der Waals surface area contributed by atoms with Crippen LogP contribution in [0.2, 0.25) is 15.1 Å². The van der Waals surface area contributed by atoms with Crippen molar-refractivity contribution < 1.29 is 4.79 Å². The van der Waals surface area contributed by atoms with Gasteiger partial charge in [-0.15, -0.1) is 0 Å². The smallest absolute Gasteiger partial charge is 0.168 e. The van der Waals surface area contributed by atoms with Gasteiger partial charge in [0.05, 0.1) is 5.02 Å². The molecule has 0 saturated carbocycles. The van der Waals surface area contributed by atoms with Gasteiger partial charge in [0.2, 0.25) is 0 Å². The molecular weight excluding hydrogens is 291 g/mol. The Bertz CT molecular complexity index is 573. The van der Waals surface area contributed by atoms with E-state index in [4.69, 9.17) is 34.8 Å². The first-order valence-electron chi connectivity index (χ1n) is 5.29. The van der Waals surface area contributed by atoms with Crippen LogP contribution in [0.3, 0.4) is 0 Å². The number of halogens is 3. The highest BCUT2D eigenvalue weighted by atomic mass is 35.5. The summed E-state index contributed by atoms with van der Waals surface area (Å²) in [5.74, 6) is -0.0565. The lowest BCUT2D eigenvalue weighted by molar-refractivity contribution is 0.0993. The van der Waals surface area contributed by atoms with Crippen LogP contribution in [0, 0.1) is 0 Å². The molecule has 0 spiro atoms. The molecule has 0 bridgehead atoms. The first-order chi connectivity index (χ1) is 8.56. The summed E-state index contributed by atoms with van der Waals surface area (Å²) < 4.78 is 0. The Morgan fingerprint density at radius 2 is 1.56 bits per heavy atom. The second-order valence-corrected chi connectivity index (χ2v) is 5.14. The normalized spacial score (nSPS) is 10.4. The summed E-state index contributed by atoms with van der Waals surface area (Å²) in [7, 11) is 0. The van der Waals surface area contributed by atoms with Crippen molar-refractivity contribution in [1.82, 2.24) is 0 Å². The molecule has 0 N–H and O–H groups in total. The van der Waals surface area contributed by atoms with Crippen LogP contribution in [0.15, 0.2) is 42.5 Å². The standard InChI is InChI=1S/C14H9Cl3O/c15-10-5-9(6-11(16)8-10)7-14(18)12-3-1-2-4-13(12)17/h1-6,8H,7H2. The molecule has 0 radical (unpaired) electrons. The molecule has 0 aromatic heterocycles. The van der Waals surface area contributed by atoms with Gasteiger partial charge in [-0.3, -0.25) is 4.79 Å². The number of carbonyl (C=O) groups is 1. The number of rotatable bonds is 3. The molecule has 0 fully saturated rings. The molecule has 4 heteroatoms. The van der Waals surface area contributed by atoms with Gasteiger partial charge in [-0.1, -0.05) is 46.9 Å². The van der Waals surface area contributed by atoms with Crippen molar-refractivity contribution in [2.45, 2.75) is 6.42 Å². The minimum atomic E-state index is -0.0565. The number of benzene rings is 2. The predicted molar refractivity (Wildman–Crippen MR) is 75.9 cm³/mol. The second-order valence-electron chi connectivity index (χ2n) is 3.86. The molecular formula is C14H9Cl3O. The maximum absolute atomic E-state index is 12.1. The van der Waals surface area contributed by atoms with E-state index in [-0.39, 0.29) is 12.2 Å². The van der Waals surface area contributed by atoms with E-state index in [1.165, 1.54) is 0 Å². The van der Waals surface area contributed by atoms with Crippen molar-refractivity contribution in [2.75, 3.05) is 0 Å². The second kappa shape index (κ2) is 5.75. The van der Waals surface area contributed by atoms with E-state index in [2.05, 4.69) is 0 Å². The van der Waals surface area contributed by atoms with Crippen LogP contribution in [0.4, 0.5) is 0 Å². The van der Waals surface area contributed by atoms with Crippen LogP contribution in [0.5, 0.6) is 0 Å². The van der Waals surface area contributed by atoms with Gasteiger partial charge in [-0.2, -0.15) is 0 Å². The number of hydrogen-bond acceptors (Lipinski definition) is 1. The fraction of sp³-hybridized carbons (Fsp3) is 0.0714. The lowest BCUT2D eigenvalue weighted by atomic mass is 10.0. The molecule has 2 aromatic rings. The van der Waals surface area contributed by atoms with Crippen LogP contribution in [-0.4, -0.2) is 5.78 Å². The van der Waals surface area contributed by atoms with Gasteiger partial charge in [0.25, 0.3) is 0 Å². The summed E-state index contributed by atoms with van der Waals surface area (Å²) in [6.45, 7) is 0. The Labute approximate surface area is 120 Å². The Kier molecular flexibility index (Phi) is 4.28. The Morgan fingerprint density at radius 1 is 0.944 bits per heavy atom. The molecule has 0 aliphatic rings. The molecule has 0 heterocycles. The van der Waals surface area contributed by atoms with Crippen LogP contribution >= 0.6 is 34.8 Å². The highest BCUT2D eigenvalue weighted by Gasteiger charge is 2.11. The molecule has 2 rings (SSSR count). The molecule has 0 unspecified atom stereocenters. The average Bonchev–Trinajstić information content (AvgIpc) is 2.27. The number of carbonyl (C=O) groups excluding carboxylic acids is 1. The van der Waals surface area contributed by atoms with Crippen LogP contribution in [0.1, 0.15) is 15.9 Å². The third-order valence-corrected chi connectivity index (χ3v) is 3.23. The molecule has 0 atom stereocenters. The van der Waals surface area contributed by atoms with E-state index in [9.17, 15) is 4.79 Å². The van der Waals surface area contributed by atoms with E-state index in [1.807, 2.05) is 0 Å². The van der Waals surface area contributed by atoms with E-state index in [0.29, 0.717) is 20.6 Å². The zero-order valence-electron chi connectivity index (χ0n) is 9.29. The largest absolute Gasteiger partial charge is 0.294 e. The molecule has 0 saturated heterocycles. The van der Waals surface area contributed by atoms with Gasteiger partial charge >= 0.3 is 0 Å². The van der Waals surface area contributed by atoms with Crippen LogP contribution in [0.25, 0.3) is 0 Å². The lowest BCUT2D eigenvalue weighted by Crippen LogP contribution is -2.04. The minimum absolute atomic E-state index is 0.0565. The molecule has 18 heavy (non-hydrogen) atoms. The van der Waals surface area contributed by atoms with Crippen LogP contribution in [-0.2, 0) is 6.42 Å². The third kappa shape index (κ3) is 3.26. The van der Waals surface area contributed by atoms with E-state index < -0.39 is 0 Å². The van der Waals surface area contributed by atoms with Crippen molar-refractivity contribution in [3.05, 3.63) is 68.7 Å². The highest BCUT2D eigenvalue weighted by molar-refractivity contribution is 6.35. The Morgan fingerprint density at radius 3 is 2.17 bits per heavy atom. The van der Waals surface area contributed by atoms with Crippen molar-refractivity contribution in [1.29, 1.82) is 0 Å². The first-order valence-corrected chi connectivity index (χ1v) is 6.42. The maximum Gasteiger partial charge on any atom is 0.168 e. The van der Waals surface area contributed by atoms with Gasteiger partial charge < -0.3 is 0 Å². The molecule has 0 aliphatic carbocycles.